The summed E-state index contributed by atoms with van der Waals surface area (Å²) in [5.74, 6) is 0.877. The van der Waals surface area contributed by atoms with E-state index in [2.05, 4.69) is 10.3 Å². The average molecular weight is 318 g/mol. The highest BCUT2D eigenvalue weighted by Gasteiger charge is 2.08. The predicted molar refractivity (Wildman–Crippen MR) is 90.2 cm³/mol. The number of aromatic nitrogens is 1. The number of nitrogens with one attached hydrogen (secondary N) is 1. The zero-order valence-electron chi connectivity index (χ0n) is 12.8. The van der Waals surface area contributed by atoms with Crippen molar-refractivity contribution >= 4 is 23.3 Å². The molecule has 0 atom stereocenters. The van der Waals surface area contributed by atoms with Gasteiger partial charge in [-0.3, -0.25) is 4.79 Å². The van der Waals surface area contributed by atoms with Crippen LogP contribution in [0, 0.1) is 0 Å². The molecule has 0 spiro atoms. The average Bonchev–Trinajstić information content (AvgIpc) is 2.52. The number of halogens is 1. The Morgan fingerprint density at radius 3 is 2.64 bits per heavy atom. The molecule has 0 saturated heterocycles. The highest BCUT2D eigenvalue weighted by molar-refractivity contribution is 6.31. The second-order valence-corrected chi connectivity index (χ2v) is 5.66. The zero-order valence-corrected chi connectivity index (χ0v) is 13.6. The fraction of sp³-hybridized carbons (Fsp3) is 0.294. The fourth-order valence-corrected chi connectivity index (χ4v) is 2.43. The molecule has 0 unspecified atom stereocenters. The molecule has 4 nitrogen and oxygen atoms in total. The molecule has 0 aliphatic rings. The van der Waals surface area contributed by atoms with Crippen LogP contribution in [0.1, 0.15) is 17.5 Å². The number of carbonyl (C=O) groups is 1. The first-order chi connectivity index (χ1) is 10.6. The summed E-state index contributed by atoms with van der Waals surface area (Å²) in [6.45, 7) is 0.475. The Kier molecular flexibility index (Phi) is 5.78. The van der Waals surface area contributed by atoms with E-state index in [0.717, 1.165) is 16.9 Å². The minimum Gasteiger partial charge on any atom is -0.362 e. The van der Waals surface area contributed by atoms with Crippen molar-refractivity contribution in [2.24, 2.45) is 0 Å². The molecule has 116 valence electrons. The molecule has 1 aromatic carbocycles. The van der Waals surface area contributed by atoms with E-state index in [4.69, 9.17) is 11.6 Å². The molecule has 22 heavy (non-hydrogen) atoms. The fourth-order valence-electron chi connectivity index (χ4n) is 2.20. The topological polar surface area (TPSA) is 45.2 Å². The monoisotopic (exact) mass is 317 g/mol. The molecular weight excluding hydrogens is 298 g/mol. The zero-order chi connectivity index (χ0) is 15.9. The van der Waals surface area contributed by atoms with Gasteiger partial charge in [0.2, 0.25) is 5.91 Å². The van der Waals surface area contributed by atoms with Gasteiger partial charge in [-0.2, -0.15) is 0 Å². The van der Waals surface area contributed by atoms with Crippen molar-refractivity contribution in [3.8, 4) is 0 Å². The lowest BCUT2D eigenvalue weighted by Gasteiger charge is -2.16. The number of amides is 1. The number of carbonyl (C=O) groups excluding carboxylic acids is 1. The molecule has 0 saturated carbocycles. The van der Waals surface area contributed by atoms with Crippen LogP contribution in [0.15, 0.2) is 42.6 Å². The third kappa shape index (κ3) is 4.46. The number of rotatable bonds is 6. The van der Waals surface area contributed by atoms with E-state index in [9.17, 15) is 4.79 Å². The first-order valence-electron chi connectivity index (χ1n) is 7.19. The molecule has 1 heterocycles. The highest BCUT2D eigenvalue weighted by Crippen LogP contribution is 2.17. The molecule has 1 amide bonds. The van der Waals surface area contributed by atoms with Crippen LogP contribution < -0.4 is 10.2 Å². The third-order valence-electron chi connectivity index (χ3n) is 3.35. The summed E-state index contributed by atoms with van der Waals surface area (Å²) in [6, 6.07) is 11.4. The second kappa shape index (κ2) is 7.80. The third-order valence-corrected chi connectivity index (χ3v) is 3.72. The van der Waals surface area contributed by atoms with E-state index in [1.54, 1.807) is 6.20 Å². The van der Waals surface area contributed by atoms with Gasteiger partial charge in [-0.15, -0.1) is 0 Å². The number of nitrogens with zero attached hydrogens (tertiary/aromatic N) is 2. The molecule has 5 heteroatoms. The van der Waals surface area contributed by atoms with Crippen LogP contribution in [-0.2, 0) is 17.8 Å². The SMILES string of the molecule is CN(C)c1ncccc1CNC(=O)CCc1ccccc1Cl. The van der Waals surface area contributed by atoms with Gasteiger partial charge in [0.1, 0.15) is 5.82 Å². The van der Waals surface area contributed by atoms with Crippen LogP contribution in [-0.4, -0.2) is 25.0 Å². The summed E-state index contributed by atoms with van der Waals surface area (Å²) in [5.41, 5.74) is 1.99. The van der Waals surface area contributed by atoms with Gasteiger partial charge < -0.3 is 10.2 Å². The number of hydrogen-bond donors (Lipinski definition) is 1. The van der Waals surface area contributed by atoms with Crippen molar-refractivity contribution < 1.29 is 4.79 Å². The molecule has 1 N–H and O–H groups in total. The van der Waals surface area contributed by atoms with Crippen molar-refractivity contribution in [2.45, 2.75) is 19.4 Å². The maximum Gasteiger partial charge on any atom is 0.220 e. The van der Waals surface area contributed by atoms with E-state index >= 15 is 0 Å². The maximum absolute atomic E-state index is 12.0. The lowest BCUT2D eigenvalue weighted by atomic mass is 10.1. The van der Waals surface area contributed by atoms with Gasteiger partial charge in [0.05, 0.1) is 0 Å². The Morgan fingerprint density at radius 2 is 1.91 bits per heavy atom. The summed E-state index contributed by atoms with van der Waals surface area (Å²) in [6.07, 6.45) is 2.80. The summed E-state index contributed by atoms with van der Waals surface area (Å²) in [5, 5.41) is 3.64. The number of aryl methyl sites for hydroxylation is 1. The molecule has 0 aliphatic heterocycles. The Bertz CT molecular complexity index is 643. The van der Waals surface area contributed by atoms with E-state index in [0.29, 0.717) is 24.4 Å². The van der Waals surface area contributed by atoms with Crippen molar-refractivity contribution in [3.63, 3.8) is 0 Å². The van der Waals surface area contributed by atoms with Crippen LogP contribution in [0.4, 0.5) is 5.82 Å². The lowest BCUT2D eigenvalue weighted by molar-refractivity contribution is -0.121. The number of benzene rings is 1. The largest absolute Gasteiger partial charge is 0.362 e. The molecule has 1 aromatic heterocycles. The normalized spacial score (nSPS) is 10.3. The second-order valence-electron chi connectivity index (χ2n) is 5.25. The lowest BCUT2D eigenvalue weighted by Crippen LogP contribution is -2.24. The highest BCUT2D eigenvalue weighted by atomic mass is 35.5. The van der Waals surface area contributed by atoms with Crippen LogP contribution in [0.5, 0.6) is 0 Å². The van der Waals surface area contributed by atoms with E-state index in [1.165, 1.54) is 0 Å². The predicted octanol–water partition coefficient (Wildman–Crippen LogP) is 3.05. The van der Waals surface area contributed by atoms with Crippen molar-refractivity contribution in [1.82, 2.24) is 10.3 Å². The molecule has 2 rings (SSSR count). The van der Waals surface area contributed by atoms with Gasteiger partial charge in [0.25, 0.3) is 0 Å². The molecule has 0 bridgehead atoms. The minimum absolute atomic E-state index is 0.00785. The summed E-state index contributed by atoms with van der Waals surface area (Å²) >= 11 is 6.09. The summed E-state index contributed by atoms with van der Waals surface area (Å²) < 4.78 is 0. The minimum atomic E-state index is 0.00785. The van der Waals surface area contributed by atoms with Gasteiger partial charge in [0.15, 0.2) is 0 Å². The number of pyridine rings is 1. The van der Waals surface area contributed by atoms with Gasteiger partial charge in [-0.1, -0.05) is 35.9 Å². The molecule has 0 radical (unpaired) electrons. The smallest absolute Gasteiger partial charge is 0.220 e. The first kappa shape index (κ1) is 16.3. The maximum atomic E-state index is 12.0. The van der Waals surface area contributed by atoms with Gasteiger partial charge >= 0.3 is 0 Å². The Labute approximate surface area is 136 Å². The van der Waals surface area contributed by atoms with E-state index in [1.807, 2.05) is 55.4 Å². The Morgan fingerprint density at radius 1 is 1.18 bits per heavy atom. The summed E-state index contributed by atoms with van der Waals surface area (Å²) in [4.78, 5) is 18.2. The standard InChI is InChI=1S/C17H20ClN3O/c1-21(2)17-14(7-5-11-19-17)12-20-16(22)10-9-13-6-3-4-8-15(13)18/h3-8,11H,9-10,12H2,1-2H3,(H,20,22). The molecular formula is C17H20ClN3O. The molecule has 0 fully saturated rings. The van der Waals surface area contributed by atoms with E-state index < -0.39 is 0 Å². The quantitative estimate of drug-likeness (QED) is 0.890. The van der Waals surface area contributed by atoms with Crippen LogP contribution in [0.25, 0.3) is 0 Å². The van der Waals surface area contributed by atoms with Crippen LogP contribution >= 0.6 is 11.6 Å². The first-order valence-corrected chi connectivity index (χ1v) is 7.57. The van der Waals surface area contributed by atoms with Gasteiger partial charge in [-0.25, -0.2) is 4.98 Å². The van der Waals surface area contributed by atoms with Gasteiger partial charge in [0, 0.05) is 43.8 Å². The van der Waals surface area contributed by atoms with Gasteiger partial charge in [-0.05, 0) is 24.1 Å². The molecule has 2 aromatic rings. The van der Waals surface area contributed by atoms with Crippen LogP contribution in [0.2, 0.25) is 5.02 Å². The Hall–Kier alpha value is -2.07. The number of anilines is 1. The number of hydrogen-bond acceptors (Lipinski definition) is 3. The van der Waals surface area contributed by atoms with Crippen molar-refractivity contribution in [3.05, 3.63) is 58.7 Å². The van der Waals surface area contributed by atoms with Crippen LogP contribution in [0.3, 0.4) is 0 Å². The Balaban J connectivity index is 1.87. The summed E-state index contributed by atoms with van der Waals surface area (Å²) in [7, 11) is 3.87. The van der Waals surface area contributed by atoms with Crippen molar-refractivity contribution in [1.29, 1.82) is 0 Å². The van der Waals surface area contributed by atoms with E-state index in [-0.39, 0.29) is 5.91 Å². The van der Waals surface area contributed by atoms with Crippen molar-refractivity contribution in [2.75, 3.05) is 19.0 Å². The molecule has 0 aliphatic carbocycles.